The van der Waals surface area contributed by atoms with Crippen LogP contribution in [-0.2, 0) is 24.7 Å². The molecular weight excluding hydrogens is 719 g/mol. The molecule has 1 heterocycles. The molecule has 3 aromatic rings. The summed E-state index contributed by atoms with van der Waals surface area (Å²) in [4.78, 5) is 62.9. The molecule has 2 aliphatic rings. The Morgan fingerprint density at radius 1 is 0.925 bits per heavy atom. The lowest BCUT2D eigenvalue weighted by Gasteiger charge is -2.19. The van der Waals surface area contributed by atoms with Gasteiger partial charge in [-0.05, 0) is 80.0 Å². The number of ketones is 1. The molecule has 2 aromatic carbocycles. The van der Waals surface area contributed by atoms with Crippen LogP contribution in [-0.4, -0.2) is 71.0 Å². The maximum Gasteiger partial charge on any atom is 0.422 e. The average molecular weight is 760 g/mol. The SMILES string of the molecule is COC(=O)[C@H](CCC(=O)C(=O)NCC1CCCCCC1)NC(=O)c1ccc(Nc2nc(NC3(c4ccc(Cl)cc4)CC3)nc(OCC(F)(F)F)n2)cc1. The molecule has 2 aliphatic carbocycles. The largest absolute Gasteiger partial charge is 0.467 e. The van der Waals surface area contributed by atoms with Crippen LogP contribution in [0.1, 0.15) is 80.1 Å². The normalized spacial score (nSPS) is 16.0. The van der Waals surface area contributed by atoms with Crippen LogP contribution < -0.4 is 26.0 Å². The fourth-order valence-corrected chi connectivity index (χ4v) is 6.16. The quantitative estimate of drug-likeness (QED) is 0.0765. The first-order valence-electron chi connectivity index (χ1n) is 17.4. The summed E-state index contributed by atoms with van der Waals surface area (Å²) in [5.41, 5.74) is 0.859. The number of nitrogens with zero attached hydrogens (tertiary/aromatic N) is 3. The van der Waals surface area contributed by atoms with Gasteiger partial charge >= 0.3 is 18.2 Å². The molecule has 2 fully saturated rings. The van der Waals surface area contributed by atoms with Gasteiger partial charge < -0.3 is 30.7 Å². The number of ether oxygens (including phenoxy) is 2. The molecule has 5 rings (SSSR count). The summed E-state index contributed by atoms with van der Waals surface area (Å²) >= 11 is 6.03. The highest BCUT2D eigenvalue weighted by Gasteiger charge is 2.45. The summed E-state index contributed by atoms with van der Waals surface area (Å²) in [6.45, 7) is -1.19. The van der Waals surface area contributed by atoms with Gasteiger partial charge in [-0.3, -0.25) is 14.4 Å². The molecule has 2 saturated carbocycles. The summed E-state index contributed by atoms with van der Waals surface area (Å²) in [6.07, 6.45) is 2.93. The molecule has 2 amide bonds. The first kappa shape index (κ1) is 39.2. The van der Waals surface area contributed by atoms with Crippen LogP contribution >= 0.6 is 11.6 Å². The van der Waals surface area contributed by atoms with Crippen LogP contribution in [0.4, 0.5) is 30.8 Å². The highest BCUT2D eigenvalue weighted by Crippen LogP contribution is 2.48. The molecule has 4 N–H and O–H groups in total. The molecule has 13 nitrogen and oxygen atoms in total. The second kappa shape index (κ2) is 17.7. The number of hydrogen-bond acceptors (Lipinski definition) is 11. The van der Waals surface area contributed by atoms with Crippen LogP contribution in [0.15, 0.2) is 48.5 Å². The number of alkyl halides is 3. The van der Waals surface area contributed by atoms with Gasteiger partial charge in [-0.2, -0.15) is 28.1 Å². The van der Waals surface area contributed by atoms with E-state index < -0.39 is 53.9 Å². The predicted octanol–water partition coefficient (Wildman–Crippen LogP) is 6.02. The molecule has 1 atom stereocenters. The monoisotopic (exact) mass is 759 g/mol. The second-order valence-electron chi connectivity index (χ2n) is 13.2. The van der Waals surface area contributed by atoms with Crippen molar-refractivity contribution in [1.82, 2.24) is 25.6 Å². The van der Waals surface area contributed by atoms with Crippen molar-refractivity contribution in [2.75, 3.05) is 30.9 Å². The van der Waals surface area contributed by atoms with E-state index in [1.807, 2.05) is 12.1 Å². The number of esters is 1. The van der Waals surface area contributed by atoms with Crippen LogP contribution in [0, 0.1) is 5.92 Å². The average Bonchev–Trinajstić information content (AvgIpc) is 3.96. The van der Waals surface area contributed by atoms with Crippen molar-refractivity contribution in [3.05, 3.63) is 64.7 Å². The number of anilines is 3. The number of aromatic nitrogens is 3. The Balaban J connectivity index is 1.20. The fourth-order valence-electron chi connectivity index (χ4n) is 6.03. The van der Waals surface area contributed by atoms with Crippen molar-refractivity contribution in [2.24, 2.45) is 5.92 Å². The zero-order chi connectivity index (χ0) is 38.0. The molecular formula is C36H41ClF3N7O6. The minimum atomic E-state index is -4.63. The van der Waals surface area contributed by atoms with E-state index in [-0.39, 0.29) is 30.3 Å². The van der Waals surface area contributed by atoms with E-state index in [9.17, 15) is 32.3 Å². The van der Waals surface area contributed by atoms with Crippen molar-refractivity contribution in [1.29, 1.82) is 0 Å². The zero-order valence-electron chi connectivity index (χ0n) is 29.1. The third-order valence-corrected chi connectivity index (χ3v) is 9.36. The van der Waals surface area contributed by atoms with Crippen molar-refractivity contribution in [3.63, 3.8) is 0 Å². The number of rotatable bonds is 16. The Labute approximate surface area is 309 Å². The molecule has 0 unspecified atom stereocenters. The number of nitrogens with one attached hydrogen (secondary N) is 4. The molecule has 53 heavy (non-hydrogen) atoms. The summed E-state index contributed by atoms with van der Waals surface area (Å²) < 4.78 is 48.5. The lowest BCUT2D eigenvalue weighted by atomic mass is 10.0. The highest BCUT2D eigenvalue weighted by atomic mass is 35.5. The lowest BCUT2D eigenvalue weighted by Crippen LogP contribution is -2.42. The summed E-state index contributed by atoms with van der Waals surface area (Å²) in [7, 11) is 1.15. The van der Waals surface area contributed by atoms with Gasteiger partial charge in [0.25, 0.3) is 11.8 Å². The van der Waals surface area contributed by atoms with Gasteiger partial charge in [-0.15, -0.1) is 0 Å². The van der Waals surface area contributed by atoms with E-state index in [2.05, 4.69) is 36.2 Å². The lowest BCUT2D eigenvalue weighted by molar-refractivity contribution is -0.154. The number of methoxy groups -OCH3 is 1. The van der Waals surface area contributed by atoms with E-state index in [4.69, 9.17) is 21.1 Å². The van der Waals surface area contributed by atoms with E-state index in [0.29, 0.717) is 36.0 Å². The van der Waals surface area contributed by atoms with Crippen molar-refractivity contribution in [3.8, 4) is 6.01 Å². The van der Waals surface area contributed by atoms with Gasteiger partial charge in [0, 0.05) is 29.2 Å². The van der Waals surface area contributed by atoms with E-state index >= 15 is 0 Å². The van der Waals surface area contributed by atoms with E-state index in [1.54, 1.807) is 12.1 Å². The maximum absolute atomic E-state index is 13.1. The summed E-state index contributed by atoms with van der Waals surface area (Å²) in [5.74, 6) is -2.66. The first-order valence-corrected chi connectivity index (χ1v) is 17.8. The first-order chi connectivity index (χ1) is 25.3. The third-order valence-electron chi connectivity index (χ3n) is 9.11. The van der Waals surface area contributed by atoms with Crippen molar-refractivity contribution < 1.29 is 41.8 Å². The summed E-state index contributed by atoms with van der Waals surface area (Å²) in [6, 6.07) is 11.2. The van der Waals surface area contributed by atoms with Gasteiger partial charge in [0.2, 0.25) is 17.7 Å². The van der Waals surface area contributed by atoms with Crippen molar-refractivity contribution >= 4 is 52.8 Å². The third kappa shape index (κ3) is 11.8. The fraction of sp³-hybridized carbons (Fsp3) is 0.472. The van der Waals surface area contributed by atoms with Gasteiger partial charge in [0.05, 0.1) is 12.6 Å². The number of amides is 2. The molecule has 0 saturated heterocycles. The molecule has 284 valence electrons. The minimum Gasteiger partial charge on any atom is -0.467 e. The van der Waals surface area contributed by atoms with Crippen molar-refractivity contribution in [2.45, 2.75) is 82.0 Å². The van der Waals surface area contributed by atoms with Gasteiger partial charge in [-0.25, -0.2) is 4.79 Å². The number of Topliss-reactive ketones (excluding diaryl/α,β-unsaturated/α-hetero) is 1. The second-order valence-corrected chi connectivity index (χ2v) is 13.6. The Hall–Kier alpha value is -4.99. The zero-order valence-corrected chi connectivity index (χ0v) is 29.8. The maximum atomic E-state index is 13.1. The number of benzene rings is 2. The Morgan fingerprint density at radius 2 is 1.58 bits per heavy atom. The highest BCUT2D eigenvalue weighted by molar-refractivity contribution is 6.36. The predicted molar refractivity (Wildman–Crippen MR) is 189 cm³/mol. The molecule has 0 aliphatic heterocycles. The topological polar surface area (TPSA) is 174 Å². The Morgan fingerprint density at radius 3 is 2.21 bits per heavy atom. The van der Waals surface area contributed by atoms with Crippen LogP contribution in [0.5, 0.6) is 6.01 Å². The molecule has 0 bridgehead atoms. The standard InChI is InChI=1S/C36H41ClF3N7O6/c1-52-31(51)27(16-17-28(48)30(50)41-20-22-6-4-2-3-5-7-22)43-29(49)23-8-14-26(15-9-23)42-32-44-33(46-34(45-32)53-21-36(38,39)40)47-35(18-19-35)24-10-12-25(37)13-11-24/h8-15,22,27H,2-7,16-21H2,1H3,(H,41,50)(H,43,49)(H2,42,44,45,46,47)/t27-/m0/s1. The van der Waals surface area contributed by atoms with E-state index in [1.165, 1.54) is 37.1 Å². The molecule has 0 spiro atoms. The number of carbonyl (C=O) groups is 4. The Kier molecular flexibility index (Phi) is 13.1. The minimum absolute atomic E-state index is 0.0208. The molecule has 1 aromatic heterocycles. The molecule has 17 heteroatoms. The van der Waals surface area contributed by atoms with E-state index in [0.717, 1.165) is 38.4 Å². The summed E-state index contributed by atoms with van der Waals surface area (Å²) in [5, 5.41) is 11.9. The number of carbonyl (C=O) groups excluding carboxylic acids is 4. The van der Waals surface area contributed by atoms with Gasteiger partial charge in [-0.1, -0.05) is 49.4 Å². The van der Waals surface area contributed by atoms with Crippen LogP contribution in [0.25, 0.3) is 0 Å². The number of hydrogen-bond donors (Lipinski definition) is 4. The molecule has 0 radical (unpaired) electrons. The van der Waals surface area contributed by atoms with Crippen LogP contribution in [0.3, 0.4) is 0 Å². The van der Waals surface area contributed by atoms with Gasteiger partial charge in [0.1, 0.15) is 6.04 Å². The number of halogens is 4. The van der Waals surface area contributed by atoms with Gasteiger partial charge in [0.15, 0.2) is 6.61 Å². The Bertz CT molecular complexity index is 1750. The smallest absolute Gasteiger partial charge is 0.422 e. The van der Waals surface area contributed by atoms with Crippen LogP contribution in [0.2, 0.25) is 5.02 Å².